The van der Waals surface area contributed by atoms with Gasteiger partial charge in [0.2, 0.25) is 0 Å². The maximum Gasteiger partial charge on any atom is 0.0686 e. The highest BCUT2D eigenvalue weighted by Crippen LogP contribution is 2.64. The van der Waals surface area contributed by atoms with Crippen LogP contribution in [0.4, 0.5) is 0 Å². The van der Waals surface area contributed by atoms with Crippen molar-refractivity contribution < 1.29 is 0 Å². The van der Waals surface area contributed by atoms with E-state index in [2.05, 4.69) is 28.2 Å². The lowest BCUT2D eigenvalue weighted by Gasteiger charge is -2.59. The average molecular weight is 295 g/mol. The molecule has 4 aliphatic carbocycles. The highest BCUT2D eigenvalue weighted by molar-refractivity contribution is 9.10. The van der Waals surface area contributed by atoms with Crippen LogP contribution in [0.25, 0.3) is 0 Å². The summed E-state index contributed by atoms with van der Waals surface area (Å²) in [5.41, 5.74) is 1.76. The Morgan fingerprint density at radius 2 is 2.00 bits per heavy atom. The molecule has 3 heteroatoms. The molecule has 0 spiro atoms. The van der Waals surface area contributed by atoms with Gasteiger partial charge in [0, 0.05) is 23.0 Å². The van der Waals surface area contributed by atoms with Crippen molar-refractivity contribution in [3.05, 3.63) is 18.0 Å². The molecule has 0 saturated heterocycles. The zero-order valence-electron chi connectivity index (χ0n) is 10.3. The van der Waals surface area contributed by atoms with Crippen molar-refractivity contribution in [2.24, 2.45) is 18.9 Å². The summed E-state index contributed by atoms with van der Waals surface area (Å²) in [6, 6.07) is 2.25. The molecular weight excluding hydrogens is 276 g/mol. The standard InChI is InChI=1S/C14H19BrN2/c1-17-3-2-12(16-17)13-5-10-4-11(6-13)8-14(15,7-10)9-13/h2-3,10-11H,4-9H2,1H3. The predicted octanol–water partition coefficient (Wildman–Crippen LogP) is 3.41. The maximum atomic E-state index is 4.73. The lowest BCUT2D eigenvalue weighted by molar-refractivity contribution is 0.0125. The number of aromatic nitrogens is 2. The quantitative estimate of drug-likeness (QED) is 0.726. The second-order valence-electron chi connectivity index (χ2n) is 6.77. The van der Waals surface area contributed by atoms with Gasteiger partial charge in [-0.2, -0.15) is 5.10 Å². The molecule has 17 heavy (non-hydrogen) atoms. The SMILES string of the molecule is Cn1ccc(C23CC4CC(CC(Br)(C4)C2)C3)n1. The molecule has 4 fully saturated rings. The van der Waals surface area contributed by atoms with Crippen molar-refractivity contribution in [3.8, 4) is 0 Å². The van der Waals surface area contributed by atoms with E-state index in [0.29, 0.717) is 9.74 Å². The molecule has 4 saturated carbocycles. The molecule has 0 radical (unpaired) electrons. The first-order valence-electron chi connectivity index (χ1n) is 6.76. The van der Waals surface area contributed by atoms with E-state index in [0.717, 1.165) is 11.8 Å². The minimum atomic E-state index is 0.398. The minimum Gasteiger partial charge on any atom is -0.276 e. The van der Waals surface area contributed by atoms with E-state index in [9.17, 15) is 0 Å². The lowest BCUT2D eigenvalue weighted by Crippen LogP contribution is -2.55. The molecule has 2 nitrogen and oxygen atoms in total. The van der Waals surface area contributed by atoms with Crippen molar-refractivity contribution in [2.45, 2.75) is 48.3 Å². The highest BCUT2D eigenvalue weighted by atomic mass is 79.9. The highest BCUT2D eigenvalue weighted by Gasteiger charge is 2.58. The number of halogens is 1. The van der Waals surface area contributed by atoms with E-state index in [1.807, 2.05) is 11.7 Å². The number of alkyl halides is 1. The Hall–Kier alpha value is -0.310. The van der Waals surface area contributed by atoms with Crippen molar-refractivity contribution in [3.63, 3.8) is 0 Å². The molecule has 1 aromatic heterocycles. The molecule has 4 bridgehead atoms. The van der Waals surface area contributed by atoms with Crippen LogP contribution in [0.2, 0.25) is 0 Å². The number of rotatable bonds is 1. The molecular formula is C14H19BrN2. The van der Waals surface area contributed by atoms with Crippen molar-refractivity contribution >= 4 is 15.9 Å². The number of hydrogen-bond acceptors (Lipinski definition) is 1. The predicted molar refractivity (Wildman–Crippen MR) is 71.2 cm³/mol. The summed E-state index contributed by atoms with van der Waals surface area (Å²) in [7, 11) is 2.04. The van der Waals surface area contributed by atoms with Gasteiger partial charge in [0.15, 0.2) is 0 Å². The summed E-state index contributed by atoms with van der Waals surface area (Å²) in [6.45, 7) is 0. The van der Waals surface area contributed by atoms with Crippen molar-refractivity contribution in [2.75, 3.05) is 0 Å². The first-order valence-corrected chi connectivity index (χ1v) is 7.55. The summed E-state index contributed by atoms with van der Waals surface area (Å²) in [5.74, 6) is 1.88. The molecule has 1 heterocycles. The Kier molecular flexibility index (Phi) is 1.98. The van der Waals surface area contributed by atoms with E-state index in [4.69, 9.17) is 5.10 Å². The van der Waals surface area contributed by atoms with Gasteiger partial charge in [0.05, 0.1) is 5.69 Å². The van der Waals surface area contributed by atoms with Gasteiger partial charge >= 0.3 is 0 Å². The van der Waals surface area contributed by atoms with Crippen LogP contribution < -0.4 is 0 Å². The van der Waals surface area contributed by atoms with Gasteiger partial charge in [0.25, 0.3) is 0 Å². The van der Waals surface area contributed by atoms with E-state index < -0.39 is 0 Å². The van der Waals surface area contributed by atoms with Crippen LogP contribution >= 0.6 is 15.9 Å². The molecule has 0 aliphatic heterocycles. The Labute approximate surface area is 111 Å². The third kappa shape index (κ3) is 1.47. The zero-order chi connectivity index (χ0) is 11.7. The molecule has 0 N–H and O–H groups in total. The summed E-state index contributed by atoms with van der Waals surface area (Å²) in [4.78, 5) is 0. The monoisotopic (exact) mass is 294 g/mol. The second kappa shape index (κ2) is 3.17. The van der Waals surface area contributed by atoms with Crippen LogP contribution in [0, 0.1) is 11.8 Å². The van der Waals surface area contributed by atoms with Gasteiger partial charge in [-0.1, -0.05) is 15.9 Å². The third-order valence-corrected chi connectivity index (χ3v) is 6.17. The van der Waals surface area contributed by atoms with Crippen LogP contribution in [-0.2, 0) is 12.5 Å². The van der Waals surface area contributed by atoms with E-state index >= 15 is 0 Å². The van der Waals surface area contributed by atoms with Crippen LogP contribution in [0.5, 0.6) is 0 Å². The van der Waals surface area contributed by atoms with Crippen molar-refractivity contribution in [1.29, 1.82) is 0 Å². The molecule has 5 rings (SSSR count). The van der Waals surface area contributed by atoms with E-state index in [-0.39, 0.29) is 0 Å². The molecule has 2 atom stereocenters. The van der Waals surface area contributed by atoms with Gasteiger partial charge in [-0.05, 0) is 56.4 Å². The number of aryl methyl sites for hydroxylation is 1. The number of hydrogen-bond donors (Lipinski definition) is 0. The van der Waals surface area contributed by atoms with Gasteiger partial charge in [-0.25, -0.2) is 0 Å². The normalized spacial score (nSPS) is 47.6. The summed E-state index contributed by atoms with van der Waals surface area (Å²) in [5, 5.41) is 4.73. The Bertz CT molecular complexity index is 451. The first kappa shape index (κ1) is 10.6. The fourth-order valence-corrected chi connectivity index (χ4v) is 6.60. The van der Waals surface area contributed by atoms with Crippen LogP contribution in [0.15, 0.2) is 12.3 Å². The van der Waals surface area contributed by atoms with Gasteiger partial charge in [0.1, 0.15) is 0 Å². The first-order chi connectivity index (χ1) is 8.07. The molecule has 0 amide bonds. The fraction of sp³-hybridized carbons (Fsp3) is 0.786. The molecule has 4 aliphatic rings. The molecule has 92 valence electrons. The number of nitrogens with zero attached hydrogens (tertiary/aromatic N) is 2. The van der Waals surface area contributed by atoms with Gasteiger partial charge in [-0.15, -0.1) is 0 Å². The summed E-state index contributed by atoms with van der Waals surface area (Å²) < 4.78 is 2.41. The Morgan fingerprint density at radius 3 is 2.53 bits per heavy atom. The smallest absolute Gasteiger partial charge is 0.0686 e. The van der Waals surface area contributed by atoms with Crippen LogP contribution in [-0.4, -0.2) is 14.1 Å². The van der Waals surface area contributed by atoms with Crippen LogP contribution in [0.1, 0.15) is 44.2 Å². The summed E-state index contributed by atoms with van der Waals surface area (Å²) >= 11 is 4.06. The topological polar surface area (TPSA) is 17.8 Å². The largest absolute Gasteiger partial charge is 0.276 e. The summed E-state index contributed by atoms with van der Waals surface area (Å²) in [6.07, 6.45) is 10.5. The Balaban J connectivity index is 1.79. The van der Waals surface area contributed by atoms with E-state index in [1.165, 1.54) is 44.2 Å². The van der Waals surface area contributed by atoms with Gasteiger partial charge in [-0.3, -0.25) is 4.68 Å². The minimum absolute atomic E-state index is 0.398. The van der Waals surface area contributed by atoms with E-state index in [1.54, 1.807) is 0 Å². The van der Waals surface area contributed by atoms with Crippen LogP contribution in [0.3, 0.4) is 0 Å². The maximum absolute atomic E-state index is 4.73. The fourth-order valence-electron chi connectivity index (χ4n) is 5.15. The lowest BCUT2D eigenvalue weighted by atomic mass is 9.48. The molecule has 1 aromatic rings. The Morgan fingerprint density at radius 1 is 1.29 bits per heavy atom. The third-order valence-electron chi connectivity index (χ3n) is 5.25. The second-order valence-corrected chi connectivity index (χ2v) is 8.45. The molecule has 0 aromatic carbocycles. The zero-order valence-corrected chi connectivity index (χ0v) is 11.9. The average Bonchev–Trinajstić information content (AvgIpc) is 2.61. The molecule has 2 unspecified atom stereocenters. The van der Waals surface area contributed by atoms with Crippen molar-refractivity contribution in [1.82, 2.24) is 9.78 Å². The van der Waals surface area contributed by atoms with Gasteiger partial charge < -0.3 is 0 Å².